The van der Waals surface area contributed by atoms with E-state index < -0.39 is 10.8 Å². The van der Waals surface area contributed by atoms with Crippen LogP contribution in [0, 0.1) is 6.92 Å². The van der Waals surface area contributed by atoms with Crippen molar-refractivity contribution >= 4 is 10.8 Å². The number of phenolic OH excluding ortho intramolecular Hbond substituents is 1. The molecule has 0 aliphatic heterocycles. The zero-order valence-corrected chi connectivity index (χ0v) is 7.31. The Morgan fingerprint density at radius 3 is 2.55 bits per heavy atom. The second-order valence-electron chi connectivity index (χ2n) is 2.40. The summed E-state index contributed by atoms with van der Waals surface area (Å²) in [5.41, 5.74) is 0.948. The van der Waals surface area contributed by atoms with E-state index in [2.05, 4.69) is 0 Å². The van der Waals surface area contributed by atoms with Gasteiger partial charge in [0.05, 0.1) is 10.8 Å². The molecule has 1 aromatic rings. The zero-order chi connectivity index (χ0) is 8.43. The first-order valence-electron chi connectivity index (χ1n) is 3.24. The van der Waals surface area contributed by atoms with Gasteiger partial charge in [0.15, 0.2) is 0 Å². The van der Waals surface area contributed by atoms with E-state index in [1.807, 2.05) is 6.92 Å². The molecule has 60 valence electrons. The fourth-order valence-electron chi connectivity index (χ4n) is 0.898. The molecule has 0 spiro atoms. The zero-order valence-electron chi connectivity index (χ0n) is 6.50. The smallest absolute Gasteiger partial charge is 0.116 e. The van der Waals surface area contributed by atoms with Crippen LogP contribution in [0.5, 0.6) is 5.75 Å². The average Bonchev–Trinajstić information content (AvgIpc) is 1.94. The summed E-state index contributed by atoms with van der Waals surface area (Å²) in [6.07, 6.45) is 1.60. The molecule has 0 bridgehead atoms. The lowest BCUT2D eigenvalue weighted by atomic mass is 10.2. The third kappa shape index (κ3) is 1.80. The molecule has 0 radical (unpaired) electrons. The molecule has 0 saturated carbocycles. The maximum absolute atomic E-state index is 11.0. The number of aromatic hydroxyl groups is 1. The van der Waals surface area contributed by atoms with Gasteiger partial charge < -0.3 is 5.11 Å². The van der Waals surface area contributed by atoms with Gasteiger partial charge in [-0.1, -0.05) is 6.07 Å². The Hall–Kier alpha value is -0.830. The number of phenols is 1. The maximum Gasteiger partial charge on any atom is 0.116 e. The quantitative estimate of drug-likeness (QED) is 0.692. The molecular formula is C8H10O2S. The van der Waals surface area contributed by atoms with E-state index in [1.54, 1.807) is 18.4 Å². The van der Waals surface area contributed by atoms with Crippen molar-refractivity contribution < 1.29 is 9.32 Å². The highest BCUT2D eigenvalue weighted by Crippen LogP contribution is 2.17. The van der Waals surface area contributed by atoms with Crippen LogP contribution in [-0.2, 0) is 10.8 Å². The van der Waals surface area contributed by atoms with Crippen LogP contribution in [0.2, 0.25) is 0 Å². The van der Waals surface area contributed by atoms with Crippen molar-refractivity contribution in [3.63, 3.8) is 0 Å². The topological polar surface area (TPSA) is 37.3 Å². The lowest BCUT2D eigenvalue weighted by Gasteiger charge is -2.01. The Morgan fingerprint density at radius 1 is 1.45 bits per heavy atom. The Balaban J connectivity index is 3.23. The van der Waals surface area contributed by atoms with Crippen LogP contribution in [0.1, 0.15) is 5.56 Å². The lowest BCUT2D eigenvalue weighted by molar-refractivity contribution is 0.473. The van der Waals surface area contributed by atoms with Crippen molar-refractivity contribution in [1.29, 1.82) is 0 Å². The minimum absolute atomic E-state index is 0.167. The van der Waals surface area contributed by atoms with Gasteiger partial charge in [-0.15, -0.1) is 0 Å². The van der Waals surface area contributed by atoms with E-state index in [4.69, 9.17) is 5.11 Å². The monoisotopic (exact) mass is 170 g/mol. The largest absolute Gasteiger partial charge is 0.508 e. The molecule has 0 saturated heterocycles. The summed E-state index contributed by atoms with van der Waals surface area (Å²) in [4.78, 5) is 0.699. The highest BCUT2D eigenvalue weighted by atomic mass is 32.2. The van der Waals surface area contributed by atoms with Crippen molar-refractivity contribution in [2.24, 2.45) is 0 Å². The van der Waals surface area contributed by atoms with E-state index >= 15 is 0 Å². The van der Waals surface area contributed by atoms with Gasteiger partial charge in [0.25, 0.3) is 0 Å². The van der Waals surface area contributed by atoms with Crippen LogP contribution in [0.4, 0.5) is 0 Å². The molecule has 1 aromatic carbocycles. The van der Waals surface area contributed by atoms with E-state index in [1.165, 1.54) is 6.07 Å². The fourth-order valence-corrected chi connectivity index (χ4v) is 1.71. The SMILES string of the molecule is Cc1ccc(O)cc1S(C)=O. The van der Waals surface area contributed by atoms with E-state index in [-0.39, 0.29) is 5.75 Å². The summed E-state index contributed by atoms with van der Waals surface area (Å²) in [5.74, 6) is 0.167. The van der Waals surface area contributed by atoms with Crippen molar-refractivity contribution in [2.45, 2.75) is 11.8 Å². The van der Waals surface area contributed by atoms with Gasteiger partial charge in [-0.25, -0.2) is 0 Å². The molecule has 1 rings (SSSR count). The third-order valence-electron chi connectivity index (χ3n) is 1.48. The number of hydrogen-bond donors (Lipinski definition) is 1. The second kappa shape index (κ2) is 3.05. The molecule has 0 fully saturated rings. The van der Waals surface area contributed by atoms with E-state index in [9.17, 15) is 4.21 Å². The molecule has 2 nitrogen and oxygen atoms in total. The summed E-state index contributed by atoms with van der Waals surface area (Å²) < 4.78 is 11.0. The van der Waals surface area contributed by atoms with Crippen LogP contribution in [0.25, 0.3) is 0 Å². The fraction of sp³-hybridized carbons (Fsp3) is 0.250. The van der Waals surface area contributed by atoms with Gasteiger partial charge in [0.1, 0.15) is 5.75 Å². The van der Waals surface area contributed by atoms with Gasteiger partial charge in [-0.2, -0.15) is 0 Å². The minimum atomic E-state index is -1.01. The van der Waals surface area contributed by atoms with Crippen LogP contribution in [0.3, 0.4) is 0 Å². The molecular weight excluding hydrogens is 160 g/mol. The van der Waals surface area contributed by atoms with Crippen molar-refractivity contribution in [3.05, 3.63) is 23.8 Å². The van der Waals surface area contributed by atoms with Crippen LogP contribution in [0.15, 0.2) is 23.1 Å². The molecule has 1 unspecified atom stereocenters. The lowest BCUT2D eigenvalue weighted by Crippen LogP contribution is -1.90. The summed E-state index contributed by atoms with van der Waals surface area (Å²) >= 11 is 0. The molecule has 0 heterocycles. The molecule has 1 atom stereocenters. The highest BCUT2D eigenvalue weighted by molar-refractivity contribution is 7.84. The Bertz CT molecular complexity index is 294. The van der Waals surface area contributed by atoms with Gasteiger partial charge in [-0.3, -0.25) is 4.21 Å². The highest BCUT2D eigenvalue weighted by Gasteiger charge is 2.02. The summed E-state index contributed by atoms with van der Waals surface area (Å²) in [7, 11) is -1.01. The molecule has 0 amide bonds. The average molecular weight is 170 g/mol. The molecule has 0 aliphatic carbocycles. The van der Waals surface area contributed by atoms with Gasteiger partial charge in [0.2, 0.25) is 0 Å². The van der Waals surface area contributed by atoms with Crippen molar-refractivity contribution in [1.82, 2.24) is 0 Å². The van der Waals surface area contributed by atoms with Crippen molar-refractivity contribution in [3.8, 4) is 5.75 Å². The Labute approximate surface area is 68.3 Å². The van der Waals surface area contributed by atoms with Crippen molar-refractivity contribution in [2.75, 3.05) is 6.26 Å². The first-order valence-corrected chi connectivity index (χ1v) is 4.80. The molecule has 1 N–H and O–H groups in total. The minimum Gasteiger partial charge on any atom is -0.508 e. The first-order chi connectivity index (χ1) is 5.11. The molecule has 11 heavy (non-hydrogen) atoms. The molecule has 0 aromatic heterocycles. The van der Waals surface area contributed by atoms with Crippen LogP contribution >= 0.6 is 0 Å². The van der Waals surface area contributed by atoms with E-state index in [0.717, 1.165) is 5.56 Å². The van der Waals surface area contributed by atoms with E-state index in [0.29, 0.717) is 4.90 Å². The summed E-state index contributed by atoms with van der Waals surface area (Å²) in [6, 6.07) is 4.88. The number of benzene rings is 1. The Morgan fingerprint density at radius 2 is 2.09 bits per heavy atom. The van der Waals surface area contributed by atoms with Crippen LogP contribution in [-0.4, -0.2) is 15.6 Å². The summed E-state index contributed by atoms with van der Waals surface area (Å²) in [5, 5.41) is 9.05. The number of rotatable bonds is 1. The third-order valence-corrected chi connectivity index (χ3v) is 2.54. The van der Waals surface area contributed by atoms with Gasteiger partial charge >= 0.3 is 0 Å². The predicted molar refractivity (Wildman–Crippen MR) is 45.2 cm³/mol. The van der Waals surface area contributed by atoms with Crippen LogP contribution < -0.4 is 0 Å². The number of hydrogen-bond acceptors (Lipinski definition) is 2. The number of aryl methyl sites for hydroxylation is 1. The Kier molecular flexibility index (Phi) is 2.29. The van der Waals surface area contributed by atoms with Gasteiger partial charge in [-0.05, 0) is 24.6 Å². The summed E-state index contributed by atoms with van der Waals surface area (Å²) in [6.45, 7) is 1.87. The molecule has 3 heteroatoms. The van der Waals surface area contributed by atoms with Gasteiger partial charge in [0, 0.05) is 11.2 Å². The molecule has 0 aliphatic rings. The standard InChI is InChI=1S/C8H10O2S/c1-6-3-4-7(9)5-8(6)11(2)10/h3-5,9H,1-2H3. The second-order valence-corrected chi connectivity index (χ2v) is 3.75. The predicted octanol–water partition coefficient (Wildman–Crippen LogP) is 1.44. The maximum atomic E-state index is 11.0. The normalized spacial score (nSPS) is 12.9. The first kappa shape index (κ1) is 8.27.